The van der Waals surface area contributed by atoms with Gasteiger partial charge in [-0.25, -0.2) is 4.98 Å². The van der Waals surface area contributed by atoms with E-state index in [1.54, 1.807) is 11.3 Å². The molecule has 0 saturated heterocycles. The van der Waals surface area contributed by atoms with Crippen LogP contribution in [0.2, 0.25) is 5.02 Å². The van der Waals surface area contributed by atoms with Gasteiger partial charge >= 0.3 is 0 Å². The third-order valence-electron chi connectivity index (χ3n) is 2.94. The average Bonchev–Trinajstić information content (AvgIpc) is 2.93. The van der Waals surface area contributed by atoms with Crippen molar-refractivity contribution in [2.24, 2.45) is 0 Å². The van der Waals surface area contributed by atoms with Gasteiger partial charge in [0.05, 0.1) is 11.4 Å². The molecule has 0 radical (unpaired) electrons. The van der Waals surface area contributed by atoms with E-state index >= 15 is 0 Å². The van der Waals surface area contributed by atoms with E-state index in [0.29, 0.717) is 0 Å². The molecule has 0 aliphatic heterocycles. The predicted molar refractivity (Wildman–Crippen MR) is 80.9 cm³/mol. The molecule has 3 aromatic rings. The lowest BCUT2D eigenvalue weighted by Gasteiger charge is -2.10. The zero-order valence-corrected chi connectivity index (χ0v) is 12.4. The van der Waals surface area contributed by atoms with Crippen LogP contribution in [0.25, 0.3) is 16.2 Å². The summed E-state index contributed by atoms with van der Waals surface area (Å²) in [6.45, 7) is 0.857. The number of aromatic nitrogens is 2. The highest BCUT2D eigenvalue weighted by Crippen LogP contribution is 2.28. The van der Waals surface area contributed by atoms with Crippen LogP contribution in [-0.2, 0) is 6.54 Å². The van der Waals surface area contributed by atoms with E-state index < -0.39 is 0 Å². The van der Waals surface area contributed by atoms with E-state index in [9.17, 15) is 0 Å². The zero-order valence-electron chi connectivity index (χ0n) is 10.8. The van der Waals surface area contributed by atoms with Crippen LogP contribution in [0, 0.1) is 0 Å². The fraction of sp³-hybridized carbons (Fsp3) is 0.214. The Kier molecular flexibility index (Phi) is 3.31. The highest BCUT2D eigenvalue weighted by Gasteiger charge is 2.15. The van der Waals surface area contributed by atoms with Gasteiger partial charge in [0.1, 0.15) is 0 Å². The monoisotopic (exact) mass is 291 g/mol. The summed E-state index contributed by atoms with van der Waals surface area (Å²) in [6.07, 6.45) is 2.07. The molecule has 2 heterocycles. The van der Waals surface area contributed by atoms with Crippen LogP contribution >= 0.6 is 22.9 Å². The summed E-state index contributed by atoms with van der Waals surface area (Å²) in [5.74, 6) is 0. The fourth-order valence-electron chi connectivity index (χ4n) is 2.12. The first-order chi connectivity index (χ1) is 9.15. The van der Waals surface area contributed by atoms with Crippen molar-refractivity contribution in [3.05, 3.63) is 46.6 Å². The first-order valence-corrected chi connectivity index (χ1v) is 7.26. The number of hydrogen-bond acceptors (Lipinski definition) is 3. The van der Waals surface area contributed by atoms with Gasteiger partial charge in [-0.2, -0.15) is 0 Å². The summed E-state index contributed by atoms with van der Waals surface area (Å²) in [7, 11) is 4.13. The zero-order chi connectivity index (χ0) is 13.4. The number of hydrogen-bond donors (Lipinski definition) is 0. The maximum absolute atomic E-state index is 5.95. The molecule has 0 amide bonds. The second kappa shape index (κ2) is 4.96. The maximum atomic E-state index is 5.95. The summed E-state index contributed by atoms with van der Waals surface area (Å²) in [5, 5.41) is 2.81. The highest BCUT2D eigenvalue weighted by atomic mass is 35.5. The Morgan fingerprint density at radius 2 is 2.00 bits per heavy atom. The van der Waals surface area contributed by atoms with E-state index in [2.05, 4.69) is 35.0 Å². The first kappa shape index (κ1) is 12.7. The van der Waals surface area contributed by atoms with E-state index in [0.717, 1.165) is 27.8 Å². The molecule has 3 rings (SSSR count). The minimum absolute atomic E-state index is 0.749. The van der Waals surface area contributed by atoms with Gasteiger partial charge in [0.2, 0.25) is 0 Å². The SMILES string of the molecule is CN(C)Cc1c(-c2ccc(Cl)cc2)nc2sccn12. The van der Waals surface area contributed by atoms with Crippen molar-refractivity contribution in [3.8, 4) is 11.3 Å². The fourth-order valence-corrected chi connectivity index (χ4v) is 2.98. The molecule has 0 atom stereocenters. The molecule has 0 unspecified atom stereocenters. The van der Waals surface area contributed by atoms with Gasteiger partial charge in [-0.15, -0.1) is 11.3 Å². The Hall–Kier alpha value is -1.36. The van der Waals surface area contributed by atoms with E-state index in [1.165, 1.54) is 5.69 Å². The molecule has 0 fully saturated rings. The molecule has 0 aliphatic carbocycles. The Bertz CT molecular complexity index is 697. The van der Waals surface area contributed by atoms with Crippen LogP contribution in [0.3, 0.4) is 0 Å². The van der Waals surface area contributed by atoms with Crippen LogP contribution < -0.4 is 0 Å². The number of benzene rings is 1. The van der Waals surface area contributed by atoms with Crippen molar-refractivity contribution in [1.29, 1.82) is 0 Å². The van der Waals surface area contributed by atoms with Gasteiger partial charge in [-0.05, 0) is 26.2 Å². The second-order valence-corrected chi connectivity index (χ2v) is 6.02. The Morgan fingerprint density at radius 3 is 2.68 bits per heavy atom. The molecule has 2 aromatic heterocycles. The number of nitrogens with zero attached hydrogens (tertiary/aromatic N) is 3. The van der Waals surface area contributed by atoms with Crippen molar-refractivity contribution in [2.45, 2.75) is 6.54 Å². The molecule has 1 aromatic carbocycles. The van der Waals surface area contributed by atoms with Crippen LogP contribution in [-0.4, -0.2) is 28.4 Å². The molecule has 0 N–H and O–H groups in total. The molecular formula is C14H14ClN3S. The molecule has 0 bridgehead atoms. The standard InChI is InChI=1S/C14H14ClN3S/c1-17(2)9-12-13(10-3-5-11(15)6-4-10)16-14-18(12)7-8-19-14/h3-8H,9H2,1-2H3. The lowest BCUT2D eigenvalue weighted by molar-refractivity contribution is 0.396. The van der Waals surface area contributed by atoms with E-state index in [4.69, 9.17) is 16.6 Å². The molecular weight excluding hydrogens is 278 g/mol. The molecule has 0 saturated carbocycles. The Balaban J connectivity index is 2.16. The number of imidazole rings is 1. The summed E-state index contributed by atoms with van der Waals surface area (Å²) in [4.78, 5) is 7.92. The van der Waals surface area contributed by atoms with Crippen molar-refractivity contribution < 1.29 is 0 Å². The van der Waals surface area contributed by atoms with Crippen molar-refractivity contribution in [1.82, 2.24) is 14.3 Å². The van der Waals surface area contributed by atoms with Crippen LogP contribution in [0.5, 0.6) is 0 Å². The number of thiazole rings is 1. The van der Waals surface area contributed by atoms with Crippen LogP contribution in [0.1, 0.15) is 5.69 Å². The second-order valence-electron chi connectivity index (χ2n) is 4.71. The minimum Gasteiger partial charge on any atom is -0.304 e. The van der Waals surface area contributed by atoms with Crippen LogP contribution in [0.15, 0.2) is 35.8 Å². The smallest absolute Gasteiger partial charge is 0.194 e. The summed E-state index contributed by atoms with van der Waals surface area (Å²) >= 11 is 7.60. The van der Waals surface area contributed by atoms with Gasteiger partial charge in [0, 0.05) is 28.7 Å². The lowest BCUT2D eigenvalue weighted by Crippen LogP contribution is -2.12. The van der Waals surface area contributed by atoms with E-state index in [1.807, 2.05) is 24.3 Å². The van der Waals surface area contributed by atoms with Gasteiger partial charge < -0.3 is 4.90 Å². The number of halogens is 1. The lowest BCUT2D eigenvalue weighted by atomic mass is 10.1. The van der Waals surface area contributed by atoms with E-state index in [-0.39, 0.29) is 0 Å². The molecule has 0 aliphatic rings. The summed E-state index contributed by atoms with van der Waals surface area (Å²) in [5.41, 5.74) is 3.36. The van der Waals surface area contributed by atoms with Crippen LogP contribution in [0.4, 0.5) is 0 Å². The molecule has 3 nitrogen and oxygen atoms in total. The van der Waals surface area contributed by atoms with Crippen molar-refractivity contribution in [3.63, 3.8) is 0 Å². The third kappa shape index (κ3) is 2.39. The minimum atomic E-state index is 0.749. The molecule has 0 spiro atoms. The molecule has 19 heavy (non-hydrogen) atoms. The summed E-state index contributed by atoms with van der Waals surface area (Å²) in [6, 6.07) is 7.86. The highest BCUT2D eigenvalue weighted by molar-refractivity contribution is 7.15. The van der Waals surface area contributed by atoms with Gasteiger partial charge in [0.25, 0.3) is 0 Å². The largest absolute Gasteiger partial charge is 0.304 e. The quantitative estimate of drug-likeness (QED) is 0.732. The Morgan fingerprint density at radius 1 is 1.26 bits per heavy atom. The summed E-state index contributed by atoms with van der Waals surface area (Å²) < 4.78 is 2.16. The van der Waals surface area contributed by atoms with Gasteiger partial charge in [0.15, 0.2) is 4.96 Å². The van der Waals surface area contributed by atoms with Gasteiger partial charge in [-0.1, -0.05) is 23.7 Å². The normalized spacial score (nSPS) is 11.6. The molecule has 5 heteroatoms. The first-order valence-electron chi connectivity index (χ1n) is 6.00. The number of rotatable bonds is 3. The predicted octanol–water partition coefficient (Wildman–Crippen LogP) is 3.78. The third-order valence-corrected chi connectivity index (χ3v) is 3.95. The molecule has 98 valence electrons. The van der Waals surface area contributed by atoms with Gasteiger partial charge in [-0.3, -0.25) is 4.40 Å². The average molecular weight is 292 g/mol. The van der Waals surface area contributed by atoms with Crippen molar-refractivity contribution in [2.75, 3.05) is 14.1 Å². The maximum Gasteiger partial charge on any atom is 0.194 e. The number of fused-ring (bicyclic) bond motifs is 1. The Labute approximate surface area is 121 Å². The van der Waals surface area contributed by atoms with Crippen molar-refractivity contribution >= 4 is 27.9 Å². The topological polar surface area (TPSA) is 20.5 Å².